The normalized spacial score (nSPS) is 12.3. The number of nitrogens with one attached hydrogen (secondary N) is 2. The van der Waals surface area contributed by atoms with E-state index in [1.54, 1.807) is 32.0 Å². The molecule has 1 unspecified atom stereocenters. The minimum Gasteiger partial charge on any atom is -0.357 e. The molecule has 0 aliphatic heterocycles. The Balaban J connectivity index is 1.98. The van der Waals surface area contributed by atoms with Crippen LogP contribution < -0.4 is 10.0 Å². The van der Waals surface area contributed by atoms with Crippen molar-refractivity contribution in [1.82, 2.24) is 15.4 Å². The van der Waals surface area contributed by atoms with Crippen LogP contribution in [-0.4, -0.2) is 43.4 Å². The van der Waals surface area contributed by atoms with Gasteiger partial charge in [-0.25, -0.2) is 17.5 Å². The molecule has 216 valence electrons. The monoisotopic (exact) mass is 572 g/mol. The van der Waals surface area contributed by atoms with Gasteiger partial charge in [0.25, 0.3) is 10.0 Å². The summed E-state index contributed by atoms with van der Waals surface area (Å²) in [5.74, 6) is -1.31. The Bertz CT molecular complexity index is 1470. The maximum absolute atomic E-state index is 15.6. The third-order valence-electron chi connectivity index (χ3n) is 6.78. The molecule has 2 amide bonds. The van der Waals surface area contributed by atoms with Gasteiger partial charge in [0.05, 0.1) is 10.6 Å². The first-order valence-corrected chi connectivity index (χ1v) is 14.7. The summed E-state index contributed by atoms with van der Waals surface area (Å²) in [6.45, 7) is 9.09. The molecule has 9 nitrogen and oxygen atoms in total. The van der Waals surface area contributed by atoms with Gasteiger partial charge in [-0.3, -0.25) is 9.59 Å². The first-order chi connectivity index (χ1) is 18.9. The lowest BCUT2D eigenvalue weighted by molar-refractivity contribution is -0.142. The number of carbonyl (C=O) groups excluding carboxylic acids is 2. The first kappa shape index (κ1) is 30.8. The molecule has 0 saturated heterocycles. The smallest absolute Gasteiger partial charge is 0.264 e. The number of rotatable bonds is 12. The predicted octanol–water partition coefficient (Wildman–Crippen LogP) is 5.19. The Morgan fingerprint density at radius 1 is 1.10 bits per heavy atom. The van der Waals surface area contributed by atoms with Gasteiger partial charge in [0.15, 0.2) is 0 Å². The van der Waals surface area contributed by atoms with Gasteiger partial charge in [-0.05, 0) is 43.9 Å². The molecule has 0 fully saturated rings. The Hall–Kier alpha value is -3.73. The summed E-state index contributed by atoms with van der Waals surface area (Å²) in [6, 6.07) is 9.75. The van der Waals surface area contributed by atoms with Crippen LogP contribution in [0.5, 0.6) is 0 Å². The number of benzene rings is 2. The first-order valence-electron chi connectivity index (χ1n) is 13.3. The molecule has 2 N–H and O–H groups in total. The Kier molecular flexibility index (Phi) is 10.1. The van der Waals surface area contributed by atoms with Gasteiger partial charge in [-0.15, -0.1) is 0 Å². The maximum Gasteiger partial charge on any atom is 0.264 e. The third kappa shape index (κ3) is 6.88. The second-order valence-electron chi connectivity index (χ2n) is 10.1. The molecule has 1 heterocycles. The van der Waals surface area contributed by atoms with E-state index in [2.05, 4.69) is 15.2 Å². The second-order valence-corrected chi connectivity index (χ2v) is 11.7. The van der Waals surface area contributed by atoms with E-state index in [0.29, 0.717) is 23.2 Å². The van der Waals surface area contributed by atoms with Gasteiger partial charge < -0.3 is 14.7 Å². The van der Waals surface area contributed by atoms with E-state index in [-0.39, 0.29) is 52.6 Å². The van der Waals surface area contributed by atoms with Gasteiger partial charge in [-0.1, -0.05) is 62.7 Å². The number of unbranched alkanes of at least 4 members (excludes halogenated alkanes) is 1. The van der Waals surface area contributed by atoms with Gasteiger partial charge in [0.2, 0.25) is 17.7 Å². The molecular weight excluding hydrogens is 535 g/mol. The fraction of sp³-hybridized carbons (Fsp3) is 0.414. The van der Waals surface area contributed by atoms with Crippen LogP contribution in [-0.2, 0) is 26.2 Å². The van der Waals surface area contributed by atoms with Crippen LogP contribution in [0.15, 0.2) is 51.9 Å². The number of likely N-dealkylation sites (N-methyl/N-ethyl adjacent to an activating group) is 1. The molecule has 2 aromatic carbocycles. The number of amides is 2. The van der Waals surface area contributed by atoms with Crippen molar-refractivity contribution in [3.63, 3.8) is 0 Å². The molecule has 40 heavy (non-hydrogen) atoms. The molecular formula is C29H37FN4O5S. The van der Waals surface area contributed by atoms with E-state index in [9.17, 15) is 18.0 Å². The van der Waals surface area contributed by atoms with Crippen LogP contribution in [0.25, 0.3) is 11.1 Å². The summed E-state index contributed by atoms with van der Waals surface area (Å²) < 4.78 is 49.7. The number of aromatic nitrogens is 1. The van der Waals surface area contributed by atoms with E-state index in [1.807, 2.05) is 20.8 Å². The minimum absolute atomic E-state index is 0.00761. The fourth-order valence-electron chi connectivity index (χ4n) is 4.45. The molecule has 0 saturated carbocycles. The van der Waals surface area contributed by atoms with E-state index in [0.717, 1.165) is 6.42 Å². The molecule has 1 aromatic heterocycles. The zero-order valence-corrected chi connectivity index (χ0v) is 24.6. The van der Waals surface area contributed by atoms with Crippen molar-refractivity contribution in [3.8, 4) is 11.1 Å². The Labute approximate surface area is 235 Å². The predicted molar refractivity (Wildman–Crippen MR) is 151 cm³/mol. The molecule has 0 spiro atoms. The summed E-state index contributed by atoms with van der Waals surface area (Å²) in [5, 5.41) is 6.40. The van der Waals surface area contributed by atoms with E-state index >= 15 is 4.39 Å². The zero-order valence-electron chi connectivity index (χ0n) is 23.7. The number of aryl methyl sites for hydroxylation is 1. The average Bonchev–Trinajstić information content (AvgIpc) is 3.22. The summed E-state index contributed by atoms with van der Waals surface area (Å²) in [5.41, 5.74) is 1.81. The van der Waals surface area contributed by atoms with Gasteiger partial charge in [0, 0.05) is 36.7 Å². The molecule has 3 rings (SSSR count). The van der Waals surface area contributed by atoms with Crippen LogP contribution in [0.4, 0.5) is 10.3 Å². The lowest BCUT2D eigenvalue weighted by atomic mass is 9.98. The van der Waals surface area contributed by atoms with Gasteiger partial charge in [-0.2, -0.15) is 0 Å². The highest BCUT2D eigenvalue weighted by Crippen LogP contribution is 2.32. The van der Waals surface area contributed by atoms with Crippen molar-refractivity contribution in [2.75, 3.05) is 11.8 Å². The lowest BCUT2D eigenvalue weighted by Crippen LogP contribution is -2.51. The number of carbonyl (C=O) groups is 2. The maximum atomic E-state index is 15.6. The van der Waals surface area contributed by atoms with Crippen molar-refractivity contribution in [3.05, 3.63) is 65.1 Å². The number of hydrogen-bond acceptors (Lipinski definition) is 6. The van der Waals surface area contributed by atoms with Crippen LogP contribution in [0.2, 0.25) is 0 Å². The summed E-state index contributed by atoms with van der Waals surface area (Å²) in [4.78, 5) is 27.2. The topological polar surface area (TPSA) is 122 Å². The fourth-order valence-corrected chi connectivity index (χ4v) is 5.72. The van der Waals surface area contributed by atoms with Crippen molar-refractivity contribution in [1.29, 1.82) is 0 Å². The number of halogens is 1. The number of anilines is 1. The SMILES string of the molecule is CCCCC(=O)N(Cc1ccc(-c2ccccc2S(=O)(=O)Nc2onc(C)c2C)c(F)c1)C(C(=O)NC)C(C)C. The summed E-state index contributed by atoms with van der Waals surface area (Å²) >= 11 is 0. The molecule has 1 atom stereocenters. The van der Waals surface area contributed by atoms with Crippen molar-refractivity contribution in [2.24, 2.45) is 5.92 Å². The van der Waals surface area contributed by atoms with Crippen LogP contribution in [0.1, 0.15) is 56.9 Å². The van der Waals surface area contributed by atoms with Crippen LogP contribution >= 0.6 is 0 Å². The molecule has 0 aliphatic rings. The molecule has 0 radical (unpaired) electrons. The number of nitrogens with zero attached hydrogens (tertiary/aromatic N) is 2. The molecule has 3 aromatic rings. The molecule has 11 heteroatoms. The third-order valence-corrected chi connectivity index (χ3v) is 8.17. The van der Waals surface area contributed by atoms with Crippen LogP contribution in [0, 0.1) is 25.6 Å². The minimum atomic E-state index is -4.15. The molecule has 0 bridgehead atoms. The van der Waals surface area contributed by atoms with Gasteiger partial charge >= 0.3 is 0 Å². The number of sulfonamides is 1. The van der Waals surface area contributed by atoms with E-state index in [1.165, 1.54) is 36.2 Å². The van der Waals surface area contributed by atoms with Gasteiger partial charge in [0.1, 0.15) is 11.9 Å². The lowest BCUT2D eigenvalue weighted by Gasteiger charge is -2.33. The number of hydrogen-bond donors (Lipinski definition) is 2. The highest BCUT2D eigenvalue weighted by Gasteiger charge is 2.32. The average molecular weight is 573 g/mol. The van der Waals surface area contributed by atoms with Crippen molar-refractivity contribution < 1.29 is 26.9 Å². The summed E-state index contributed by atoms with van der Waals surface area (Å²) in [7, 11) is -2.63. The van der Waals surface area contributed by atoms with Crippen molar-refractivity contribution in [2.45, 2.75) is 71.4 Å². The quantitative estimate of drug-likeness (QED) is 0.308. The highest BCUT2D eigenvalue weighted by atomic mass is 32.2. The Morgan fingerprint density at radius 2 is 1.80 bits per heavy atom. The summed E-state index contributed by atoms with van der Waals surface area (Å²) in [6.07, 6.45) is 1.77. The van der Waals surface area contributed by atoms with E-state index in [4.69, 9.17) is 4.52 Å². The van der Waals surface area contributed by atoms with E-state index < -0.39 is 21.9 Å². The Morgan fingerprint density at radius 3 is 2.38 bits per heavy atom. The second kappa shape index (κ2) is 13.1. The molecule has 0 aliphatic carbocycles. The zero-order chi connectivity index (χ0) is 29.6. The largest absolute Gasteiger partial charge is 0.357 e. The highest BCUT2D eigenvalue weighted by molar-refractivity contribution is 7.92. The van der Waals surface area contributed by atoms with Crippen LogP contribution in [0.3, 0.4) is 0 Å². The standard InChI is InChI=1S/C29H37FN4O5S/c1-7-8-13-26(35)34(27(18(2)3)28(36)31-6)17-21-14-15-22(24(30)16-21)23-11-9-10-12-25(23)40(37,38)33-29-19(4)20(5)32-39-29/h9-12,14-16,18,27,33H,7-8,13,17H2,1-6H3,(H,31,36). The van der Waals surface area contributed by atoms with Crippen molar-refractivity contribution >= 4 is 27.7 Å².